The van der Waals surface area contributed by atoms with Crippen molar-refractivity contribution in [3.8, 4) is 5.75 Å². The lowest BCUT2D eigenvalue weighted by Gasteiger charge is -2.32. The standard InChI is InChI=1S/C17H21N5O3/c18-16(23)8-13-3-5-15(6-4-13)25-10-17(24)21-7-1-2-14(9-21)22-12-19-11-20-22/h3-6,11-12,14H,1-2,7-10H2,(H2,18,23)/t14-/m1/s1. The summed E-state index contributed by atoms with van der Waals surface area (Å²) >= 11 is 0. The minimum atomic E-state index is -0.379. The second kappa shape index (κ2) is 7.78. The molecule has 1 fully saturated rings. The fraction of sp³-hybridized carbons (Fsp3) is 0.412. The van der Waals surface area contributed by atoms with Gasteiger partial charge in [0.15, 0.2) is 6.61 Å². The Balaban J connectivity index is 1.51. The zero-order valence-corrected chi connectivity index (χ0v) is 13.9. The van der Waals surface area contributed by atoms with Gasteiger partial charge in [0.05, 0.1) is 12.5 Å². The minimum absolute atomic E-state index is 0.0146. The van der Waals surface area contributed by atoms with Gasteiger partial charge in [-0.25, -0.2) is 9.67 Å². The van der Waals surface area contributed by atoms with Crippen LogP contribution in [0.15, 0.2) is 36.9 Å². The fourth-order valence-corrected chi connectivity index (χ4v) is 2.94. The Bertz CT molecular complexity index is 714. The van der Waals surface area contributed by atoms with Crippen molar-refractivity contribution in [2.45, 2.75) is 25.3 Å². The largest absolute Gasteiger partial charge is 0.484 e. The predicted octanol–water partition coefficient (Wildman–Crippen LogP) is 0.548. The number of likely N-dealkylation sites (tertiary alicyclic amines) is 1. The number of benzene rings is 1. The Hall–Kier alpha value is -2.90. The van der Waals surface area contributed by atoms with Crippen LogP contribution in [0.1, 0.15) is 24.4 Å². The van der Waals surface area contributed by atoms with Crippen molar-refractivity contribution in [1.29, 1.82) is 0 Å². The molecule has 0 aliphatic carbocycles. The summed E-state index contributed by atoms with van der Waals surface area (Å²) in [6, 6.07) is 7.17. The van der Waals surface area contributed by atoms with Gasteiger partial charge in [-0.15, -0.1) is 0 Å². The maximum absolute atomic E-state index is 12.4. The number of piperidine rings is 1. The molecule has 2 aromatic rings. The number of amides is 2. The van der Waals surface area contributed by atoms with E-state index in [2.05, 4.69) is 10.1 Å². The van der Waals surface area contributed by atoms with Crippen molar-refractivity contribution in [2.75, 3.05) is 19.7 Å². The van der Waals surface area contributed by atoms with Gasteiger partial charge in [0.2, 0.25) is 5.91 Å². The summed E-state index contributed by atoms with van der Waals surface area (Å²) in [6.45, 7) is 1.33. The van der Waals surface area contributed by atoms with Crippen molar-refractivity contribution in [3.05, 3.63) is 42.5 Å². The molecular weight excluding hydrogens is 322 g/mol. The molecule has 0 unspecified atom stereocenters. The highest BCUT2D eigenvalue weighted by molar-refractivity contribution is 5.78. The van der Waals surface area contributed by atoms with Crippen LogP contribution >= 0.6 is 0 Å². The molecule has 8 heteroatoms. The van der Waals surface area contributed by atoms with E-state index in [-0.39, 0.29) is 30.9 Å². The molecule has 1 saturated heterocycles. The van der Waals surface area contributed by atoms with Crippen LogP contribution in [0.4, 0.5) is 0 Å². The second-order valence-electron chi connectivity index (χ2n) is 6.09. The first-order valence-corrected chi connectivity index (χ1v) is 8.24. The first-order chi connectivity index (χ1) is 12.1. The maximum Gasteiger partial charge on any atom is 0.260 e. The lowest BCUT2D eigenvalue weighted by molar-refractivity contribution is -0.135. The van der Waals surface area contributed by atoms with Crippen LogP contribution in [0.2, 0.25) is 0 Å². The Labute approximate surface area is 145 Å². The van der Waals surface area contributed by atoms with E-state index in [1.807, 2.05) is 0 Å². The summed E-state index contributed by atoms with van der Waals surface area (Å²) in [7, 11) is 0. The molecule has 1 aliphatic heterocycles. The van der Waals surface area contributed by atoms with Crippen LogP contribution < -0.4 is 10.5 Å². The molecule has 0 spiro atoms. The molecule has 25 heavy (non-hydrogen) atoms. The summed E-state index contributed by atoms with van der Waals surface area (Å²) in [4.78, 5) is 29.0. The topological polar surface area (TPSA) is 103 Å². The van der Waals surface area contributed by atoms with E-state index in [1.54, 1.807) is 40.2 Å². The van der Waals surface area contributed by atoms with Crippen LogP contribution in [-0.4, -0.2) is 51.2 Å². The quantitative estimate of drug-likeness (QED) is 0.825. The third-order valence-corrected chi connectivity index (χ3v) is 4.22. The number of carbonyl (C=O) groups excluding carboxylic acids is 2. The molecule has 3 rings (SSSR count). The number of hydrogen-bond donors (Lipinski definition) is 1. The minimum Gasteiger partial charge on any atom is -0.484 e. The molecule has 0 bridgehead atoms. The maximum atomic E-state index is 12.4. The molecule has 0 radical (unpaired) electrons. The Kier molecular flexibility index (Phi) is 5.27. The highest BCUT2D eigenvalue weighted by Gasteiger charge is 2.25. The van der Waals surface area contributed by atoms with E-state index >= 15 is 0 Å². The van der Waals surface area contributed by atoms with Gasteiger partial charge in [0, 0.05) is 13.1 Å². The number of aromatic nitrogens is 3. The van der Waals surface area contributed by atoms with E-state index < -0.39 is 0 Å². The molecule has 1 aromatic carbocycles. The Morgan fingerprint density at radius 3 is 2.76 bits per heavy atom. The second-order valence-corrected chi connectivity index (χ2v) is 6.09. The van der Waals surface area contributed by atoms with Gasteiger partial charge >= 0.3 is 0 Å². The number of nitrogens with zero attached hydrogens (tertiary/aromatic N) is 4. The van der Waals surface area contributed by atoms with Crippen molar-refractivity contribution in [1.82, 2.24) is 19.7 Å². The molecule has 1 aliphatic rings. The number of ether oxygens (including phenoxy) is 1. The van der Waals surface area contributed by atoms with Gasteiger partial charge in [0.25, 0.3) is 5.91 Å². The van der Waals surface area contributed by atoms with Gasteiger partial charge in [-0.1, -0.05) is 12.1 Å². The number of primary amides is 1. The van der Waals surface area contributed by atoms with E-state index in [0.29, 0.717) is 12.3 Å². The van der Waals surface area contributed by atoms with Crippen molar-refractivity contribution >= 4 is 11.8 Å². The van der Waals surface area contributed by atoms with Crippen LogP contribution in [-0.2, 0) is 16.0 Å². The Morgan fingerprint density at radius 2 is 2.08 bits per heavy atom. The van der Waals surface area contributed by atoms with Crippen LogP contribution in [0.3, 0.4) is 0 Å². The average Bonchev–Trinajstić information content (AvgIpc) is 3.15. The molecule has 132 valence electrons. The molecular formula is C17H21N5O3. The van der Waals surface area contributed by atoms with E-state index in [0.717, 1.165) is 24.9 Å². The first-order valence-electron chi connectivity index (χ1n) is 8.24. The van der Waals surface area contributed by atoms with Gasteiger partial charge in [-0.05, 0) is 30.5 Å². The molecule has 1 atom stereocenters. The third kappa shape index (κ3) is 4.56. The normalized spacial score (nSPS) is 17.3. The number of carbonyl (C=O) groups is 2. The van der Waals surface area contributed by atoms with Crippen LogP contribution in [0.25, 0.3) is 0 Å². The molecule has 8 nitrogen and oxygen atoms in total. The fourth-order valence-electron chi connectivity index (χ4n) is 2.94. The number of nitrogens with two attached hydrogens (primary N) is 1. The molecule has 2 amide bonds. The Morgan fingerprint density at radius 1 is 1.28 bits per heavy atom. The summed E-state index contributed by atoms with van der Waals surface area (Å²) in [5, 5.41) is 4.16. The average molecular weight is 343 g/mol. The molecule has 2 heterocycles. The summed E-state index contributed by atoms with van der Waals surface area (Å²) in [5.74, 6) is 0.160. The lowest BCUT2D eigenvalue weighted by Crippen LogP contribution is -2.43. The molecule has 2 N–H and O–H groups in total. The first kappa shape index (κ1) is 16.9. The number of hydrogen-bond acceptors (Lipinski definition) is 5. The summed E-state index contributed by atoms with van der Waals surface area (Å²) < 4.78 is 7.37. The van der Waals surface area contributed by atoms with Gasteiger partial charge < -0.3 is 15.4 Å². The van der Waals surface area contributed by atoms with E-state index in [9.17, 15) is 9.59 Å². The van der Waals surface area contributed by atoms with E-state index in [1.165, 1.54) is 6.33 Å². The lowest BCUT2D eigenvalue weighted by atomic mass is 10.1. The third-order valence-electron chi connectivity index (χ3n) is 4.22. The highest BCUT2D eigenvalue weighted by atomic mass is 16.5. The summed E-state index contributed by atoms with van der Waals surface area (Å²) in [6.07, 6.45) is 5.29. The predicted molar refractivity (Wildman–Crippen MR) is 89.7 cm³/mol. The van der Waals surface area contributed by atoms with Gasteiger partial charge in [0.1, 0.15) is 18.4 Å². The molecule has 0 saturated carbocycles. The SMILES string of the molecule is NC(=O)Cc1ccc(OCC(=O)N2CCC[C@@H](n3cncn3)C2)cc1. The monoisotopic (exact) mass is 343 g/mol. The van der Waals surface area contributed by atoms with Crippen molar-refractivity contribution in [3.63, 3.8) is 0 Å². The van der Waals surface area contributed by atoms with Crippen molar-refractivity contribution < 1.29 is 14.3 Å². The summed E-state index contributed by atoms with van der Waals surface area (Å²) in [5.41, 5.74) is 5.98. The number of rotatable bonds is 6. The highest BCUT2D eigenvalue weighted by Crippen LogP contribution is 2.20. The van der Waals surface area contributed by atoms with Gasteiger partial charge in [-0.2, -0.15) is 5.10 Å². The zero-order chi connectivity index (χ0) is 17.6. The van der Waals surface area contributed by atoms with Crippen molar-refractivity contribution in [2.24, 2.45) is 5.73 Å². The van der Waals surface area contributed by atoms with Crippen LogP contribution in [0, 0.1) is 0 Å². The smallest absolute Gasteiger partial charge is 0.260 e. The van der Waals surface area contributed by atoms with Crippen LogP contribution in [0.5, 0.6) is 5.75 Å². The molecule has 1 aromatic heterocycles. The van der Waals surface area contributed by atoms with E-state index in [4.69, 9.17) is 10.5 Å². The van der Waals surface area contributed by atoms with Gasteiger partial charge in [-0.3, -0.25) is 9.59 Å². The zero-order valence-electron chi connectivity index (χ0n) is 13.9.